The number of benzene rings is 2. The zero-order valence-electron chi connectivity index (χ0n) is 13.3. The van der Waals surface area contributed by atoms with Gasteiger partial charge in [-0.3, -0.25) is 0 Å². The first-order chi connectivity index (χ1) is 11.7. The second kappa shape index (κ2) is 7.32. The molecule has 0 bridgehead atoms. The minimum absolute atomic E-state index is 0.465. The lowest BCUT2D eigenvalue weighted by Gasteiger charge is -2.09. The van der Waals surface area contributed by atoms with E-state index in [2.05, 4.69) is 15.3 Å². The fourth-order valence-corrected chi connectivity index (χ4v) is 2.08. The molecule has 2 aromatic carbocycles. The van der Waals surface area contributed by atoms with Gasteiger partial charge in [0.15, 0.2) is 0 Å². The third kappa shape index (κ3) is 4.13. The van der Waals surface area contributed by atoms with Crippen LogP contribution in [0.2, 0.25) is 0 Å². The van der Waals surface area contributed by atoms with Crippen molar-refractivity contribution in [3.05, 3.63) is 66.5 Å². The van der Waals surface area contributed by atoms with Crippen molar-refractivity contribution in [1.29, 1.82) is 0 Å². The Morgan fingerprint density at radius 1 is 0.958 bits per heavy atom. The van der Waals surface area contributed by atoms with Gasteiger partial charge in [0.05, 0.1) is 7.11 Å². The number of nitrogens with two attached hydrogens (primary N) is 1. The van der Waals surface area contributed by atoms with Gasteiger partial charge in [-0.15, -0.1) is 0 Å². The van der Waals surface area contributed by atoms with Gasteiger partial charge in [-0.2, -0.15) is 0 Å². The number of nitrogens with zero attached hydrogens (tertiary/aromatic N) is 2. The lowest BCUT2D eigenvalue weighted by atomic mass is 10.2. The van der Waals surface area contributed by atoms with Crippen LogP contribution in [0.4, 0.5) is 11.5 Å². The molecule has 0 radical (unpaired) electrons. The van der Waals surface area contributed by atoms with Crippen LogP contribution >= 0.6 is 0 Å². The van der Waals surface area contributed by atoms with Gasteiger partial charge in [0.1, 0.15) is 23.6 Å². The van der Waals surface area contributed by atoms with E-state index in [1.165, 1.54) is 6.33 Å². The normalized spacial score (nSPS) is 10.2. The van der Waals surface area contributed by atoms with Crippen LogP contribution in [0.1, 0.15) is 5.56 Å². The third-order valence-corrected chi connectivity index (χ3v) is 3.38. The van der Waals surface area contributed by atoms with Gasteiger partial charge in [-0.05, 0) is 42.0 Å². The number of hydrogen-bond acceptors (Lipinski definition) is 6. The number of nitrogens with one attached hydrogen (secondary N) is 1. The highest BCUT2D eigenvalue weighted by molar-refractivity contribution is 5.44. The Kier molecular flexibility index (Phi) is 4.76. The molecule has 0 unspecified atom stereocenters. The smallest absolute Gasteiger partial charge is 0.224 e. The molecule has 0 spiro atoms. The summed E-state index contributed by atoms with van der Waals surface area (Å²) >= 11 is 0. The van der Waals surface area contributed by atoms with Gasteiger partial charge in [0, 0.05) is 18.3 Å². The Morgan fingerprint density at radius 2 is 1.67 bits per heavy atom. The van der Waals surface area contributed by atoms with Crippen molar-refractivity contribution in [1.82, 2.24) is 9.97 Å². The molecule has 3 N–H and O–H groups in total. The molecule has 122 valence electrons. The number of methoxy groups -OCH3 is 1. The quantitative estimate of drug-likeness (QED) is 0.676. The van der Waals surface area contributed by atoms with Crippen LogP contribution in [0.15, 0.2) is 60.9 Å². The summed E-state index contributed by atoms with van der Waals surface area (Å²) in [5, 5.41) is 3.24. The summed E-state index contributed by atoms with van der Waals surface area (Å²) in [7, 11) is 1.65. The van der Waals surface area contributed by atoms with E-state index in [9.17, 15) is 0 Å². The summed E-state index contributed by atoms with van der Waals surface area (Å²) < 4.78 is 10.8. The summed E-state index contributed by atoms with van der Waals surface area (Å²) in [6.45, 7) is 0.641. The maximum Gasteiger partial charge on any atom is 0.224 e. The molecule has 3 aromatic rings. The summed E-state index contributed by atoms with van der Waals surface area (Å²) in [6.07, 6.45) is 1.46. The van der Waals surface area contributed by atoms with Crippen molar-refractivity contribution in [2.24, 2.45) is 0 Å². The minimum Gasteiger partial charge on any atom is -0.497 e. The molecule has 1 aromatic heterocycles. The standard InChI is InChI=1S/C18H18N4O2/c1-23-15-6-2-13(3-7-15)11-20-17-10-18(22-12-21-17)24-16-8-4-14(19)5-9-16/h2-10,12H,11,19H2,1H3,(H,20,21,22). The van der Waals surface area contributed by atoms with E-state index in [4.69, 9.17) is 15.2 Å². The first-order valence-corrected chi connectivity index (χ1v) is 7.45. The lowest BCUT2D eigenvalue weighted by Crippen LogP contribution is -2.02. The number of aromatic nitrogens is 2. The van der Waals surface area contributed by atoms with Crippen LogP contribution < -0.4 is 20.5 Å². The van der Waals surface area contributed by atoms with E-state index in [1.54, 1.807) is 37.4 Å². The van der Waals surface area contributed by atoms with Crippen LogP contribution in [0.25, 0.3) is 0 Å². The van der Waals surface area contributed by atoms with Crippen molar-refractivity contribution in [2.75, 3.05) is 18.2 Å². The molecule has 0 saturated heterocycles. The zero-order chi connectivity index (χ0) is 16.8. The highest BCUT2D eigenvalue weighted by Gasteiger charge is 2.02. The van der Waals surface area contributed by atoms with E-state index in [1.807, 2.05) is 24.3 Å². The van der Waals surface area contributed by atoms with Crippen LogP contribution in [0, 0.1) is 0 Å². The molecular weight excluding hydrogens is 304 g/mol. The van der Waals surface area contributed by atoms with Crippen molar-refractivity contribution >= 4 is 11.5 Å². The highest BCUT2D eigenvalue weighted by Crippen LogP contribution is 2.22. The predicted molar refractivity (Wildman–Crippen MR) is 93.3 cm³/mol. The summed E-state index contributed by atoms with van der Waals surface area (Å²) in [5.74, 6) is 2.65. The molecule has 3 rings (SSSR count). The van der Waals surface area contributed by atoms with Crippen LogP contribution in [-0.2, 0) is 6.54 Å². The summed E-state index contributed by atoms with van der Waals surface area (Å²) in [5.41, 5.74) is 7.47. The molecule has 6 nitrogen and oxygen atoms in total. The van der Waals surface area contributed by atoms with Gasteiger partial charge in [0.2, 0.25) is 5.88 Å². The fraction of sp³-hybridized carbons (Fsp3) is 0.111. The van der Waals surface area contributed by atoms with Crippen molar-refractivity contribution < 1.29 is 9.47 Å². The maximum absolute atomic E-state index is 5.69. The molecule has 0 aliphatic heterocycles. The fourth-order valence-electron chi connectivity index (χ4n) is 2.08. The SMILES string of the molecule is COc1ccc(CNc2cc(Oc3ccc(N)cc3)ncn2)cc1. The maximum atomic E-state index is 5.69. The van der Waals surface area contributed by atoms with E-state index in [-0.39, 0.29) is 0 Å². The Hall–Kier alpha value is -3.28. The largest absolute Gasteiger partial charge is 0.497 e. The average Bonchev–Trinajstić information content (AvgIpc) is 2.63. The van der Waals surface area contributed by atoms with Crippen molar-refractivity contribution in [3.63, 3.8) is 0 Å². The number of rotatable bonds is 6. The minimum atomic E-state index is 0.465. The van der Waals surface area contributed by atoms with Crippen molar-refractivity contribution in [2.45, 2.75) is 6.54 Å². The van der Waals surface area contributed by atoms with E-state index in [0.717, 1.165) is 11.3 Å². The predicted octanol–water partition coefficient (Wildman–Crippen LogP) is 3.47. The molecule has 6 heteroatoms. The Morgan fingerprint density at radius 3 is 2.38 bits per heavy atom. The van der Waals surface area contributed by atoms with Gasteiger partial charge in [-0.25, -0.2) is 9.97 Å². The molecule has 0 aliphatic carbocycles. The van der Waals surface area contributed by atoms with Gasteiger partial charge < -0.3 is 20.5 Å². The van der Waals surface area contributed by atoms with E-state index >= 15 is 0 Å². The van der Waals surface area contributed by atoms with E-state index in [0.29, 0.717) is 29.7 Å². The van der Waals surface area contributed by atoms with Crippen LogP contribution in [0.5, 0.6) is 17.4 Å². The Balaban J connectivity index is 1.63. The molecule has 0 aliphatic rings. The highest BCUT2D eigenvalue weighted by atomic mass is 16.5. The van der Waals surface area contributed by atoms with Gasteiger partial charge >= 0.3 is 0 Å². The first kappa shape index (κ1) is 15.6. The zero-order valence-corrected chi connectivity index (χ0v) is 13.3. The molecule has 24 heavy (non-hydrogen) atoms. The van der Waals surface area contributed by atoms with Crippen LogP contribution in [-0.4, -0.2) is 17.1 Å². The van der Waals surface area contributed by atoms with Crippen molar-refractivity contribution in [3.8, 4) is 17.4 Å². The monoisotopic (exact) mass is 322 g/mol. The number of hydrogen-bond donors (Lipinski definition) is 2. The summed E-state index contributed by atoms with van der Waals surface area (Å²) in [4.78, 5) is 8.31. The second-order valence-electron chi connectivity index (χ2n) is 5.11. The molecule has 0 amide bonds. The molecule has 1 heterocycles. The second-order valence-corrected chi connectivity index (χ2v) is 5.11. The van der Waals surface area contributed by atoms with Crippen LogP contribution in [0.3, 0.4) is 0 Å². The molecular formula is C18H18N4O2. The lowest BCUT2D eigenvalue weighted by molar-refractivity contribution is 0.414. The third-order valence-electron chi connectivity index (χ3n) is 3.38. The Bertz CT molecular complexity index is 789. The van der Waals surface area contributed by atoms with E-state index < -0.39 is 0 Å². The number of nitrogen functional groups attached to an aromatic ring is 1. The topological polar surface area (TPSA) is 82.3 Å². The van der Waals surface area contributed by atoms with Gasteiger partial charge in [0.25, 0.3) is 0 Å². The molecule has 0 fully saturated rings. The summed E-state index contributed by atoms with van der Waals surface area (Å²) in [6, 6.07) is 16.7. The first-order valence-electron chi connectivity index (χ1n) is 7.45. The average molecular weight is 322 g/mol. The molecule has 0 atom stereocenters. The number of anilines is 2. The van der Waals surface area contributed by atoms with Gasteiger partial charge in [-0.1, -0.05) is 12.1 Å². The Labute approximate surface area is 140 Å². The number of ether oxygens (including phenoxy) is 2. The molecule has 0 saturated carbocycles.